The molecule has 1 rings (SSSR count). The molecule has 1 saturated heterocycles. The van der Waals surface area contributed by atoms with Gasteiger partial charge in [0.05, 0.1) is 11.8 Å². The molecule has 1 N–H and O–H groups in total. The fourth-order valence-electron chi connectivity index (χ4n) is 1.12. The summed E-state index contributed by atoms with van der Waals surface area (Å²) in [5, 5.41) is 8.53. The average molecular weight is 224 g/mol. The molecule has 1 fully saturated rings. The van der Waals surface area contributed by atoms with Crippen molar-refractivity contribution < 1.29 is 14.7 Å². The van der Waals surface area contributed by atoms with Gasteiger partial charge in [0.15, 0.2) is 0 Å². The van der Waals surface area contributed by atoms with Gasteiger partial charge in [-0.25, -0.2) is 4.79 Å². The zero-order valence-corrected chi connectivity index (χ0v) is 8.64. The second kappa shape index (κ2) is 4.19. The smallest absolute Gasteiger partial charge is 0.342 e. The Hall–Kier alpha value is -0.420. The Morgan fingerprint density at radius 1 is 1.92 bits per heavy atom. The molecule has 1 aliphatic rings. The largest absolute Gasteiger partial charge is 0.479 e. The molecule has 2 atom stereocenters. The molecule has 0 radical (unpaired) electrons. The second-order valence-corrected chi connectivity index (χ2v) is 4.46. The zero-order chi connectivity index (χ0) is 10.0. The molecule has 1 amide bonds. The van der Waals surface area contributed by atoms with Crippen LogP contribution < -0.4 is 0 Å². The lowest BCUT2D eigenvalue weighted by atomic mass is 10.2. The number of aliphatic carboxylic acids is 1. The van der Waals surface area contributed by atoms with E-state index in [4.69, 9.17) is 16.7 Å². The van der Waals surface area contributed by atoms with E-state index in [1.807, 2.05) is 6.92 Å². The van der Waals surface area contributed by atoms with Crippen molar-refractivity contribution in [1.82, 2.24) is 4.90 Å². The molecule has 0 aliphatic carbocycles. The summed E-state index contributed by atoms with van der Waals surface area (Å²) >= 11 is 7.07. The standard InChI is InChI=1S/C7H10ClNO3S/c1-2-13-5-3-4(10)9(5)6(8)7(11)12/h5-6H,2-3H2,1H3,(H,11,12). The summed E-state index contributed by atoms with van der Waals surface area (Å²) in [5.74, 6) is -0.512. The number of carbonyl (C=O) groups is 2. The lowest BCUT2D eigenvalue weighted by Crippen LogP contribution is -2.56. The van der Waals surface area contributed by atoms with E-state index in [2.05, 4.69) is 0 Å². The van der Waals surface area contributed by atoms with Gasteiger partial charge in [0, 0.05) is 0 Å². The number of rotatable bonds is 4. The number of carbonyl (C=O) groups excluding carboxylic acids is 1. The van der Waals surface area contributed by atoms with Crippen LogP contribution in [0.5, 0.6) is 0 Å². The van der Waals surface area contributed by atoms with E-state index < -0.39 is 11.5 Å². The molecule has 0 spiro atoms. The molecule has 0 aromatic carbocycles. The Kier molecular flexibility index (Phi) is 3.44. The maximum atomic E-state index is 11.0. The van der Waals surface area contributed by atoms with E-state index >= 15 is 0 Å². The molecule has 0 saturated carbocycles. The van der Waals surface area contributed by atoms with Crippen molar-refractivity contribution in [2.75, 3.05) is 5.75 Å². The van der Waals surface area contributed by atoms with Gasteiger partial charge in [-0.2, -0.15) is 0 Å². The highest BCUT2D eigenvalue weighted by Gasteiger charge is 2.42. The van der Waals surface area contributed by atoms with E-state index in [1.165, 1.54) is 16.7 Å². The van der Waals surface area contributed by atoms with Gasteiger partial charge < -0.3 is 10.0 Å². The van der Waals surface area contributed by atoms with Crippen LogP contribution in [0.15, 0.2) is 0 Å². The molecule has 4 nitrogen and oxygen atoms in total. The first kappa shape index (κ1) is 10.7. The minimum Gasteiger partial charge on any atom is -0.479 e. The van der Waals surface area contributed by atoms with Gasteiger partial charge in [-0.05, 0) is 5.75 Å². The molecule has 74 valence electrons. The van der Waals surface area contributed by atoms with Crippen molar-refractivity contribution in [3.05, 3.63) is 0 Å². The van der Waals surface area contributed by atoms with Crippen LogP contribution in [0.2, 0.25) is 0 Å². The summed E-state index contributed by atoms with van der Waals surface area (Å²) in [5.41, 5.74) is -1.22. The van der Waals surface area contributed by atoms with Crippen molar-refractivity contribution >= 4 is 35.2 Å². The lowest BCUT2D eigenvalue weighted by Gasteiger charge is -2.41. The second-order valence-electron chi connectivity index (χ2n) is 2.59. The fourth-order valence-corrected chi connectivity index (χ4v) is 2.48. The van der Waals surface area contributed by atoms with E-state index in [0.29, 0.717) is 6.42 Å². The number of carboxylic acids is 1. The SMILES string of the molecule is CCSC1CC(=O)N1C(Cl)C(=O)O. The number of hydrogen-bond donors (Lipinski definition) is 1. The number of amides is 1. The van der Waals surface area contributed by atoms with Crippen molar-refractivity contribution in [2.45, 2.75) is 24.2 Å². The highest BCUT2D eigenvalue weighted by atomic mass is 35.5. The number of nitrogens with zero attached hydrogens (tertiary/aromatic N) is 1. The molecule has 1 heterocycles. The van der Waals surface area contributed by atoms with E-state index in [0.717, 1.165) is 5.75 Å². The summed E-state index contributed by atoms with van der Waals surface area (Å²) in [6.07, 6.45) is 0.398. The number of halogens is 1. The molecule has 0 aromatic rings. The summed E-state index contributed by atoms with van der Waals surface area (Å²) in [6, 6.07) is 0. The number of β-lactam (4-membered cyclic amide) rings is 1. The third-order valence-electron chi connectivity index (χ3n) is 1.75. The monoisotopic (exact) mass is 223 g/mol. The highest BCUT2D eigenvalue weighted by molar-refractivity contribution is 7.99. The normalized spacial score (nSPS) is 24.0. The Balaban J connectivity index is 2.56. The third-order valence-corrected chi connectivity index (χ3v) is 3.26. The first-order valence-electron chi connectivity index (χ1n) is 3.87. The fraction of sp³-hybridized carbons (Fsp3) is 0.714. The zero-order valence-electron chi connectivity index (χ0n) is 7.07. The van der Waals surface area contributed by atoms with Crippen LogP contribution in [-0.2, 0) is 9.59 Å². The molecule has 6 heteroatoms. The van der Waals surface area contributed by atoms with Gasteiger partial charge in [0.2, 0.25) is 11.4 Å². The Bertz CT molecular complexity index is 236. The average Bonchev–Trinajstić information content (AvgIpc) is 2.03. The number of hydrogen-bond acceptors (Lipinski definition) is 3. The maximum Gasteiger partial charge on any atom is 0.342 e. The molecule has 1 aliphatic heterocycles. The quantitative estimate of drug-likeness (QED) is 0.438. The molecule has 0 aromatic heterocycles. The molecule has 2 unspecified atom stereocenters. The van der Waals surface area contributed by atoms with Crippen LogP contribution in [0.25, 0.3) is 0 Å². The predicted molar refractivity (Wildman–Crippen MR) is 50.7 cm³/mol. The minimum atomic E-state index is -1.22. The number of thioether (sulfide) groups is 1. The maximum absolute atomic E-state index is 11.0. The van der Waals surface area contributed by atoms with E-state index in [-0.39, 0.29) is 11.3 Å². The minimum absolute atomic E-state index is 0.0592. The van der Waals surface area contributed by atoms with Gasteiger partial charge in [-0.3, -0.25) is 4.79 Å². The van der Waals surface area contributed by atoms with Crippen molar-refractivity contribution in [3.63, 3.8) is 0 Å². The van der Waals surface area contributed by atoms with Gasteiger partial charge >= 0.3 is 5.97 Å². The van der Waals surface area contributed by atoms with Crippen LogP contribution in [0, 0.1) is 0 Å². The third kappa shape index (κ3) is 2.08. The van der Waals surface area contributed by atoms with Crippen molar-refractivity contribution in [3.8, 4) is 0 Å². The Morgan fingerprint density at radius 2 is 2.54 bits per heavy atom. The summed E-state index contributed by atoms with van der Waals surface area (Å²) in [4.78, 5) is 22.7. The van der Waals surface area contributed by atoms with E-state index in [9.17, 15) is 9.59 Å². The first-order chi connectivity index (χ1) is 6.07. The summed E-state index contributed by atoms with van der Waals surface area (Å²) < 4.78 is 0. The topological polar surface area (TPSA) is 57.6 Å². The van der Waals surface area contributed by atoms with Gasteiger partial charge in [0.25, 0.3) is 0 Å². The molecular weight excluding hydrogens is 214 g/mol. The Labute approximate surface area is 85.2 Å². The van der Waals surface area contributed by atoms with Crippen LogP contribution in [0.1, 0.15) is 13.3 Å². The molecule has 0 bridgehead atoms. The number of carboxylic acid groups (broad SMARTS) is 1. The van der Waals surface area contributed by atoms with Gasteiger partial charge in [0.1, 0.15) is 0 Å². The van der Waals surface area contributed by atoms with Crippen molar-refractivity contribution in [2.24, 2.45) is 0 Å². The van der Waals surface area contributed by atoms with Crippen LogP contribution in [0.3, 0.4) is 0 Å². The van der Waals surface area contributed by atoms with Gasteiger partial charge in [-0.1, -0.05) is 18.5 Å². The Morgan fingerprint density at radius 3 is 2.92 bits per heavy atom. The molecular formula is C7H10ClNO3S. The number of alkyl halides is 1. The van der Waals surface area contributed by atoms with Crippen molar-refractivity contribution in [1.29, 1.82) is 0 Å². The first-order valence-corrected chi connectivity index (χ1v) is 5.36. The van der Waals surface area contributed by atoms with E-state index in [1.54, 1.807) is 0 Å². The van der Waals surface area contributed by atoms with Crippen LogP contribution in [-0.4, -0.2) is 38.5 Å². The van der Waals surface area contributed by atoms with Crippen LogP contribution >= 0.6 is 23.4 Å². The highest BCUT2D eigenvalue weighted by Crippen LogP contribution is 2.32. The summed E-state index contributed by atoms with van der Waals surface area (Å²) in [7, 11) is 0. The lowest BCUT2D eigenvalue weighted by molar-refractivity contribution is -0.153. The summed E-state index contributed by atoms with van der Waals surface area (Å²) in [6.45, 7) is 1.95. The van der Waals surface area contributed by atoms with Crippen LogP contribution in [0.4, 0.5) is 0 Å². The van der Waals surface area contributed by atoms with Gasteiger partial charge in [-0.15, -0.1) is 11.8 Å². The number of likely N-dealkylation sites (tertiary alicyclic amines) is 1. The predicted octanol–water partition coefficient (Wildman–Crippen LogP) is 0.947. The molecule has 13 heavy (non-hydrogen) atoms.